The van der Waals surface area contributed by atoms with Crippen molar-refractivity contribution < 1.29 is 17.9 Å². The summed E-state index contributed by atoms with van der Waals surface area (Å²) in [5.74, 6) is -0.124. The summed E-state index contributed by atoms with van der Waals surface area (Å²) in [5.41, 5.74) is 0.604. The maximum atomic E-state index is 11.8. The molecule has 1 aromatic carbocycles. The molecule has 0 bridgehead atoms. The molecule has 1 aliphatic rings. The SMILES string of the molecule is CCS(=O)(=O)c1ccc(NC(=O)C2CCOC2)cc1. The van der Waals surface area contributed by atoms with Gasteiger partial charge in [0.05, 0.1) is 23.2 Å². The number of carbonyl (C=O) groups excluding carboxylic acids is 1. The summed E-state index contributed by atoms with van der Waals surface area (Å²) in [6.45, 7) is 2.67. The van der Waals surface area contributed by atoms with Crippen LogP contribution in [0.4, 0.5) is 5.69 Å². The van der Waals surface area contributed by atoms with Crippen molar-refractivity contribution in [1.82, 2.24) is 0 Å². The summed E-state index contributed by atoms with van der Waals surface area (Å²) in [4.78, 5) is 12.1. The highest BCUT2D eigenvalue weighted by Gasteiger charge is 2.23. The standard InChI is InChI=1S/C13H17NO4S/c1-2-19(16,17)12-5-3-11(4-6-12)14-13(15)10-7-8-18-9-10/h3-6,10H,2,7-9H2,1H3,(H,14,15). The van der Waals surface area contributed by atoms with E-state index in [0.29, 0.717) is 18.9 Å². The van der Waals surface area contributed by atoms with Crippen molar-refractivity contribution in [2.75, 3.05) is 24.3 Å². The molecule has 1 aromatic rings. The summed E-state index contributed by atoms with van der Waals surface area (Å²) >= 11 is 0. The molecule has 6 heteroatoms. The average Bonchev–Trinajstić information content (AvgIpc) is 2.93. The molecule has 1 unspecified atom stereocenters. The highest BCUT2D eigenvalue weighted by atomic mass is 32.2. The zero-order chi connectivity index (χ0) is 13.9. The van der Waals surface area contributed by atoms with E-state index in [-0.39, 0.29) is 22.5 Å². The summed E-state index contributed by atoms with van der Waals surface area (Å²) in [5, 5.41) is 2.77. The molecule has 0 radical (unpaired) electrons. The van der Waals surface area contributed by atoms with Crippen LogP contribution < -0.4 is 5.32 Å². The second kappa shape index (κ2) is 5.71. The minimum Gasteiger partial charge on any atom is -0.381 e. The van der Waals surface area contributed by atoms with Gasteiger partial charge in [-0.3, -0.25) is 4.79 Å². The number of hydrogen-bond acceptors (Lipinski definition) is 4. The molecule has 104 valence electrons. The van der Waals surface area contributed by atoms with Crippen LogP contribution in [0, 0.1) is 5.92 Å². The molecule has 5 nitrogen and oxygen atoms in total. The molecule has 19 heavy (non-hydrogen) atoms. The van der Waals surface area contributed by atoms with Crippen molar-refractivity contribution in [3.63, 3.8) is 0 Å². The van der Waals surface area contributed by atoms with Gasteiger partial charge in [-0.1, -0.05) is 6.92 Å². The second-order valence-electron chi connectivity index (χ2n) is 4.48. The summed E-state index contributed by atoms with van der Waals surface area (Å²) in [6, 6.07) is 6.24. The van der Waals surface area contributed by atoms with E-state index < -0.39 is 9.84 Å². The monoisotopic (exact) mass is 283 g/mol. The zero-order valence-corrected chi connectivity index (χ0v) is 11.6. The van der Waals surface area contributed by atoms with E-state index in [2.05, 4.69) is 5.32 Å². The van der Waals surface area contributed by atoms with Crippen molar-refractivity contribution in [1.29, 1.82) is 0 Å². The predicted octanol–water partition coefficient (Wildman–Crippen LogP) is 1.46. The number of ether oxygens (including phenoxy) is 1. The van der Waals surface area contributed by atoms with Crippen LogP contribution in [0.3, 0.4) is 0 Å². The van der Waals surface area contributed by atoms with Crippen LogP contribution in [0.15, 0.2) is 29.2 Å². The first-order chi connectivity index (χ1) is 9.03. The largest absolute Gasteiger partial charge is 0.381 e. The van der Waals surface area contributed by atoms with Crippen LogP contribution in [-0.4, -0.2) is 33.3 Å². The van der Waals surface area contributed by atoms with Crippen molar-refractivity contribution in [2.24, 2.45) is 5.92 Å². The Bertz CT molecular complexity index is 545. The topological polar surface area (TPSA) is 72.5 Å². The summed E-state index contributed by atoms with van der Waals surface area (Å²) < 4.78 is 28.4. The van der Waals surface area contributed by atoms with E-state index in [9.17, 15) is 13.2 Å². The quantitative estimate of drug-likeness (QED) is 0.908. The van der Waals surface area contributed by atoms with Crippen LogP contribution in [0.1, 0.15) is 13.3 Å². The van der Waals surface area contributed by atoms with Crippen molar-refractivity contribution in [3.8, 4) is 0 Å². The van der Waals surface area contributed by atoms with Gasteiger partial charge in [0.1, 0.15) is 0 Å². The number of benzene rings is 1. The first-order valence-corrected chi connectivity index (χ1v) is 7.89. The first kappa shape index (κ1) is 14.0. The van der Waals surface area contributed by atoms with Crippen molar-refractivity contribution in [3.05, 3.63) is 24.3 Å². The van der Waals surface area contributed by atoms with E-state index in [0.717, 1.165) is 6.42 Å². The molecule has 0 saturated carbocycles. The Labute approximate surface area is 112 Å². The Morgan fingerprint density at radius 3 is 2.58 bits per heavy atom. The van der Waals surface area contributed by atoms with Gasteiger partial charge in [0.2, 0.25) is 5.91 Å². The van der Waals surface area contributed by atoms with Gasteiger partial charge < -0.3 is 10.1 Å². The third kappa shape index (κ3) is 3.33. The van der Waals surface area contributed by atoms with Crippen LogP contribution in [0.2, 0.25) is 0 Å². The number of hydrogen-bond donors (Lipinski definition) is 1. The fourth-order valence-corrected chi connectivity index (χ4v) is 2.78. The fraction of sp³-hybridized carbons (Fsp3) is 0.462. The van der Waals surface area contributed by atoms with E-state index >= 15 is 0 Å². The van der Waals surface area contributed by atoms with Gasteiger partial charge in [0.25, 0.3) is 0 Å². The number of nitrogens with one attached hydrogen (secondary N) is 1. The van der Waals surface area contributed by atoms with Gasteiger partial charge in [-0.05, 0) is 30.7 Å². The Balaban J connectivity index is 2.04. The summed E-state index contributed by atoms with van der Waals surface area (Å²) in [7, 11) is -3.19. The van der Waals surface area contributed by atoms with Gasteiger partial charge >= 0.3 is 0 Å². The third-order valence-corrected chi connectivity index (χ3v) is 4.91. The number of rotatable bonds is 4. The fourth-order valence-electron chi connectivity index (χ4n) is 1.90. The Hall–Kier alpha value is -1.40. The van der Waals surface area contributed by atoms with E-state index in [1.54, 1.807) is 19.1 Å². The first-order valence-electron chi connectivity index (χ1n) is 6.24. The minimum absolute atomic E-state index is 0.0676. The van der Waals surface area contributed by atoms with Crippen LogP contribution in [-0.2, 0) is 19.4 Å². The van der Waals surface area contributed by atoms with Crippen LogP contribution in [0.25, 0.3) is 0 Å². The van der Waals surface area contributed by atoms with Gasteiger partial charge in [0, 0.05) is 12.3 Å². The van der Waals surface area contributed by atoms with E-state index in [1.165, 1.54) is 12.1 Å². The number of anilines is 1. The van der Waals surface area contributed by atoms with Gasteiger partial charge in [0.15, 0.2) is 9.84 Å². The van der Waals surface area contributed by atoms with Gasteiger partial charge in [-0.25, -0.2) is 8.42 Å². The molecule has 0 spiro atoms. The van der Waals surface area contributed by atoms with Crippen molar-refractivity contribution >= 4 is 21.4 Å². The highest BCUT2D eigenvalue weighted by Crippen LogP contribution is 2.18. The molecule has 1 atom stereocenters. The maximum Gasteiger partial charge on any atom is 0.229 e. The molecule has 0 aromatic heterocycles. The average molecular weight is 283 g/mol. The van der Waals surface area contributed by atoms with Crippen LogP contribution >= 0.6 is 0 Å². The number of amides is 1. The molecule has 1 N–H and O–H groups in total. The summed E-state index contributed by atoms with van der Waals surface area (Å²) in [6.07, 6.45) is 0.730. The molecule has 1 heterocycles. The van der Waals surface area contributed by atoms with E-state index in [4.69, 9.17) is 4.74 Å². The van der Waals surface area contributed by atoms with Gasteiger partial charge in [-0.2, -0.15) is 0 Å². The Morgan fingerprint density at radius 2 is 2.05 bits per heavy atom. The normalized spacial score (nSPS) is 19.3. The molecule has 1 aliphatic heterocycles. The van der Waals surface area contributed by atoms with Crippen LogP contribution in [0.5, 0.6) is 0 Å². The third-order valence-electron chi connectivity index (χ3n) is 3.16. The molecule has 0 aliphatic carbocycles. The van der Waals surface area contributed by atoms with Gasteiger partial charge in [-0.15, -0.1) is 0 Å². The maximum absolute atomic E-state index is 11.8. The van der Waals surface area contributed by atoms with Crippen molar-refractivity contribution in [2.45, 2.75) is 18.2 Å². The molecule has 2 rings (SSSR count). The predicted molar refractivity (Wildman–Crippen MR) is 71.7 cm³/mol. The lowest BCUT2D eigenvalue weighted by molar-refractivity contribution is -0.119. The Kier molecular flexibility index (Phi) is 4.21. The second-order valence-corrected chi connectivity index (χ2v) is 6.76. The lowest BCUT2D eigenvalue weighted by Gasteiger charge is -2.09. The smallest absolute Gasteiger partial charge is 0.229 e. The molecule has 1 fully saturated rings. The molecular weight excluding hydrogens is 266 g/mol. The number of carbonyl (C=O) groups is 1. The molecular formula is C13H17NO4S. The highest BCUT2D eigenvalue weighted by molar-refractivity contribution is 7.91. The zero-order valence-electron chi connectivity index (χ0n) is 10.8. The lowest BCUT2D eigenvalue weighted by atomic mass is 10.1. The van der Waals surface area contributed by atoms with E-state index in [1.807, 2.05) is 0 Å². The minimum atomic E-state index is -3.19. The molecule has 1 amide bonds. The molecule has 1 saturated heterocycles. The lowest BCUT2D eigenvalue weighted by Crippen LogP contribution is -2.22. The number of sulfone groups is 1. The Morgan fingerprint density at radius 1 is 1.37 bits per heavy atom.